The summed E-state index contributed by atoms with van der Waals surface area (Å²) in [6.45, 7) is 6.18. The fourth-order valence-corrected chi connectivity index (χ4v) is 1.08. The SMILES string of the molecule is CCCNC(=O)CNCC(C)CCO. The van der Waals surface area contributed by atoms with Gasteiger partial charge in [0.25, 0.3) is 0 Å². The number of rotatable bonds is 8. The molecule has 1 atom stereocenters. The summed E-state index contributed by atoms with van der Waals surface area (Å²) in [6, 6.07) is 0. The normalized spacial score (nSPS) is 12.5. The molecule has 0 fully saturated rings. The predicted octanol–water partition coefficient (Wildman–Crippen LogP) is 0.121. The number of carbonyl (C=O) groups excluding carboxylic acids is 1. The maximum atomic E-state index is 11.1. The van der Waals surface area contributed by atoms with Crippen LogP contribution in [0, 0.1) is 5.92 Å². The Bertz CT molecular complexity index is 151. The third-order valence-corrected chi connectivity index (χ3v) is 1.97. The number of carbonyl (C=O) groups is 1. The maximum absolute atomic E-state index is 11.1. The molecule has 0 radical (unpaired) electrons. The highest BCUT2D eigenvalue weighted by atomic mass is 16.3. The van der Waals surface area contributed by atoms with E-state index < -0.39 is 0 Å². The van der Waals surface area contributed by atoms with Crippen molar-refractivity contribution in [2.45, 2.75) is 26.7 Å². The highest BCUT2D eigenvalue weighted by Crippen LogP contribution is 1.97. The zero-order chi connectivity index (χ0) is 10.8. The minimum Gasteiger partial charge on any atom is -0.396 e. The van der Waals surface area contributed by atoms with Gasteiger partial charge in [0.1, 0.15) is 0 Å². The van der Waals surface area contributed by atoms with E-state index in [1.165, 1.54) is 0 Å². The molecule has 0 aliphatic heterocycles. The summed E-state index contributed by atoms with van der Waals surface area (Å²) in [5, 5.41) is 14.5. The Hall–Kier alpha value is -0.610. The largest absolute Gasteiger partial charge is 0.396 e. The van der Waals surface area contributed by atoms with E-state index in [2.05, 4.69) is 10.6 Å². The molecule has 0 rings (SSSR count). The molecular formula is C10H22N2O2. The molecule has 0 aromatic rings. The molecule has 14 heavy (non-hydrogen) atoms. The maximum Gasteiger partial charge on any atom is 0.233 e. The third kappa shape index (κ3) is 8.01. The second-order valence-corrected chi connectivity index (χ2v) is 3.60. The van der Waals surface area contributed by atoms with Crippen molar-refractivity contribution in [1.82, 2.24) is 10.6 Å². The second kappa shape index (κ2) is 8.97. The fourth-order valence-electron chi connectivity index (χ4n) is 1.08. The first-order valence-electron chi connectivity index (χ1n) is 5.29. The van der Waals surface area contributed by atoms with E-state index in [0.717, 1.165) is 25.9 Å². The van der Waals surface area contributed by atoms with Gasteiger partial charge in [-0.15, -0.1) is 0 Å². The van der Waals surface area contributed by atoms with Crippen molar-refractivity contribution in [1.29, 1.82) is 0 Å². The Balaban J connectivity index is 3.30. The lowest BCUT2D eigenvalue weighted by atomic mass is 10.1. The summed E-state index contributed by atoms with van der Waals surface area (Å²) in [5.74, 6) is 0.460. The summed E-state index contributed by atoms with van der Waals surface area (Å²) < 4.78 is 0. The Morgan fingerprint density at radius 3 is 2.79 bits per heavy atom. The van der Waals surface area contributed by atoms with E-state index in [1.807, 2.05) is 13.8 Å². The predicted molar refractivity (Wildman–Crippen MR) is 57.0 cm³/mol. The van der Waals surface area contributed by atoms with Gasteiger partial charge in [-0.3, -0.25) is 4.79 Å². The summed E-state index contributed by atoms with van der Waals surface area (Å²) in [7, 11) is 0. The molecule has 0 spiro atoms. The van der Waals surface area contributed by atoms with E-state index in [4.69, 9.17) is 5.11 Å². The lowest BCUT2D eigenvalue weighted by molar-refractivity contribution is -0.120. The van der Waals surface area contributed by atoms with Crippen LogP contribution in [0.4, 0.5) is 0 Å². The van der Waals surface area contributed by atoms with E-state index >= 15 is 0 Å². The minimum atomic E-state index is 0.0445. The fraction of sp³-hybridized carbons (Fsp3) is 0.900. The first-order chi connectivity index (χ1) is 6.70. The first kappa shape index (κ1) is 13.4. The van der Waals surface area contributed by atoms with Crippen molar-refractivity contribution in [3.63, 3.8) is 0 Å². The number of aliphatic hydroxyl groups excluding tert-OH is 1. The molecule has 4 heteroatoms. The monoisotopic (exact) mass is 202 g/mol. The zero-order valence-corrected chi connectivity index (χ0v) is 9.18. The molecule has 3 N–H and O–H groups in total. The molecule has 0 aliphatic rings. The number of aliphatic hydroxyl groups is 1. The molecule has 0 saturated carbocycles. The van der Waals surface area contributed by atoms with Crippen LogP contribution in [0.25, 0.3) is 0 Å². The van der Waals surface area contributed by atoms with Gasteiger partial charge in [-0.25, -0.2) is 0 Å². The smallest absolute Gasteiger partial charge is 0.233 e. The summed E-state index contributed by atoms with van der Waals surface area (Å²) in [6.07, 6.45) is 1.75. The lowest BCUT2D eigenvalue weighted by Crippen LogP contribution is -2.36. The Kier molecular flexibility index (Phi) is 8.57. The van der Waals surface area contributed by atoms with E-state index in [-0.39, 0.29) is 12.5 Å². The van der Waals surface area contributed by atoms with Gasteiger partial charge in [-0.2, -0.15) is 0 Å². The standard InChI is InChI=1S/C10H22N2O2/c1-3-5-12-10(14)8-11-7-9(2)4-6-13/h9,11,13H,3-8H2,1-2H3,(H,12,14). The third-order valence-electron chi connectivity index (χ3n) is 1.97. The van der Waals surface area contributed by atoms with E-state index in [9.17, 15) is 4.79 Å². The van der Waals surface area contributed by atoms with Crippen molar-refractivity contribution >= 4 is 5.91 Å². The molecule has 0 heterocycles. The summed E-state index contributed by atoms with van der Waals surface area (Å²) in [5.41, 5.74) is 0. The van der Waals surface area contributed by atoms with Crippen molar-refractivity contribution in [2.75, 3.05) is 26.2 Å². The van der Waals surface area contributed by atoms with Gasteiger partial charge in [0.15, 0.2) is 0 Å². The molecular weight excluding hydrogens is 180 g/mol. The molecule has 0 aromatic carbocycles. The van der Waals surface area contributed by atoms with E-state index in [1.54, 1.807) is 0 Å². The van der Waals surface area contributed by atoms with Crippen molar-refractivity contribution in [3.05, 3.63) is 0 Å². The highest BCUT2D eigenvalue weighted by molar-refractivity contribution is 5.77. The molecule has 0 aromatic heterocycles. The molecule has 0 bridgehead atoms. The van der Waals surface area contributed by atoms with Gasteiger partial charge >= 0.3 is 0 Å². The minimum absolute atomic E-state index is 0.0445. The number of hydrogen-bond donors (Lipinski definition) is 3. The van der Waals surface area contributed by atoms with E-state index in [0.29, 0.717) is 12.5 Å². The molecule has 4 nitrogen and oxygen atoms in total. The Labute approximate surface area is 86.1 Å². The van der Waals surface area contributed by atoms with Crippen LogP contribution in [0.15, 0.2) is 0 Å². The quantitative estimate of drug-likeness (QED) is 0.524. The van der Waals surface area contributed by atoms with Crippen LogP contribution in [0.2, 0.25) is 0 Å². The van der Waals surface area contributed by atoms with Crippen molar-refractivity contribution < 1.29 is 9.90 Å². The number of hydrogen-bond acceptors (Lipinski definition) is 3. The van der Waals surface area contributed by atoms with Gasteiger partial charge in [0.05, 0.1) is 6.54 Å². The average molecular weight is 202 g/mol. The van der Waals surface area contributed by atoms with Gasteiger partial charge in [-0.05, 0) is 25.3 Å². The van der Waals surface area contributed by atoms with Crippen LogP contribution in [-0.4, -0.2) is 37.3 Å². The molecule has 1 amide bonds. The second-order valence-electron chi connectivity index (χ2n) is 3.60. The number of nitrogens with one attached hydrogen (secondary N) is 2. The number of amides is 1. The van der Waals surface area contributed by atoms with Crippen LogP contribution < -0.4 is 10.6 Å². The van der Waals surface area contributed by atoms with Crippen LogP contribution in [0.1, 0.15) is 26.7 Å². The van der Waals surface area contributed by atoms with Gasteiger partial charge in [0.2, 0.25) is 5.91 Å². The van der Waals surface area contributed by atoms with Gasteiger partial charge in [0, 0.05) is 13.2 Å². The van der Waals surface area contributed by atoms with Crippen molar-refractivity contribution in [2.24, 2.45) is 5.92 Å². The van der Waals surface area contributed by atoms with Crippen LogP contribution in [0.5, 0.6) is 0 Å². The highest BCUT2D eigenvalue weighted by Gasteiger charge is 2.02. The molecule has 0 aliphatic carbocycles. The lowest BCUT2D eigenvalue weighted by Gasteiger charge is -2.10. The summed E-state index contributed by atoms with van der Waals surface area (Å²) >= 11 is 0. The zero-order valence-electron chi connectivity index (χ0n) is 9.18. The first-order valence-corrected chi connectivity index (χ1v) is 5.29. The average Bonchev–Trinajstić information content (AvgIpc) is 2.15. The van der Waals surface area contributed by atoms with Gasteiger partial charge < -0.3 is 15.7 Å². The van der Waals surface area contributed by atoms with Crippen molar-refractivity contribution in [3.8, 4) is 0 Å². The topological polar surface area (TPSA) is 61.4 Å². The van der Waals surface area contributed by atoms with Crippen LogP contribution >= 0.6 is 0 Å². The Morgan fingerprint density at radius 1 is 1.50 bits per heavy atom. The summed E-state index contributed by atoms with van der Waals surface area (Å²) in [4.78, 5) is 11.1. The molecule has 1 unspecified atom stereocenters. The Morgan fingerprint density at radius 2 is 2.21 bits per heavy atom. The molecule has 0 saturated heterocycles. The van der Waals surface area contributed by atoms with Crippen LogP contribution in [0.3, 0.4) is 0 Å². The van der Waals surface area contributed by atoms with Crippen LogP contribution in [-0.2, 0) is 4.79 Å². The van der Waals surface area contributed by atoms with Gasteiger partial charge in [-0.1, -0.05) is 13.8 Å². The molecule has 84 valence electrons.